The Hall–Kier alpha value is -2.48. The Balaban J connectivity index is 1.89. The predicted molar refractivity (Wildman–Crippen MR) is 76.6 cm³/mol. The zero-order valence-corrected chi connectivity index (χ0v) is 12.8. The van der Waals surface area contributed by atoms with Crippen LogP contribution in [-0.4, -0.2) is 47.9 Å². The molecule has 3 rings (SSSR count). The van der Waals surface area contributed by atoms with Gasteiger partial charge in [0, 0.05) is 19.5 Å². The van der Waals surface area contributed by atoms with Crippen molar-refractivity contribution in [2.24, 2.45) is 0 Å². The van der Waals surface area contributed by atoms with Gasteiger partial charge in [0.1, 0.15) is 17.6 Å². The average Bonchev–Trinajstić information content (AvgIpc) is 3.00. The first-order chi connectivity index (χ1) is 11.1. The monoisotopic (exact) mass is 321 g/mol. The van der Waals surface area contributed by atoms with Gasteiger partial charge in [0.05, 0.1) is 25.9 Å². The summed E-state index contributed by atoms with van der Waals surface area (Å²) in [4.78, 5) is 14.2. The van der Waals surface area contributed by atoms with Gasteiger partial charge in [-0.25, -0.2) is 4.39 Å². The Labute approximate surface area is 132 Å². The van der Waals surface area contributed by atoms with E-state index in [1.165, 1.54) is 24.1 Å². The summed E-state index contributed by atoms with van der Waals surface area (Å²) in [5.74, 6) is -0.0567. The number of halogens is 1. The van der Waals surface area contributed by atoms with Crippen LogP contribution in [0.3, 0.4) is 0 Å². The number of rotatable bonds is 3. The Morgan fingerprint density at radius 2 is 2.26 bits per heavy atom. The van der Waals surface area contributed by atoms with E-state index < -0.39 is 17.8 Å². The molecule has 0 N–H and O–H groups in total. The number of aryl methyl sites for hydroxylation is 1. The Bertz CT molecular complexity index is 718. The fourth-order valence-electron chi connectivity index (χ4n) is 2.45. The van der Waals surface area contributed by atoms with Crippen LogP contribution >= 0.6 is 0 Å². The van der Waals surface area contributed by atoms with E-state index in [4.69, 9.17) is 13.9 Å². The number of hydrogen-bond acceptors (Lipinski definition) is 6. The predicted octanol–water partition coefficient (Wildman–Crippen LogP) is 1.74. The molecule has 1 aliphatic rings. The fraction of sp³-hybridized carbons (Fsp3) is 0.400. The second-order valence-electron chi connectivity index (χ2n) is 5.09. The maximum atomic E-state index is 14.2. The third kappa shape index (κ3) is 3.02. The average molecular weight is 321 g/mol. The summed E-state index contributed by atoms with van der Waals surface area (Å²) in [5.41, 5.74) is -0.0334. The normalized spacial score (nSPS) is 18.0. The van der Waals surface area contributed by atoms with Gasteiger partial charge in [-0.1, -0.05) is 0 Å². The molecule has 1 aromatic heterocycles. The molecule has 122 valence electrons. The molecule has 0 bridgehead atoms. The molecule has 1 amide bonds. The van der Waals surface area contributed by atoms with Crippen molar-refractivity contribution in [3.8, 4) is 5.75 Å². The van der Waals surface area contributed by atoms with Gasteiger partial charge in [-0.15, -0.1) is 10.2 Å². The first kappa shape index (κ1) is 15.4. The maximum Gasteiger partial charge on any atom is 0.257 e. The summed E-state index contributed by atoms with van der Waals surface area (Å²) in [6, 6.07) is 3.60. The van der Waals surface area contributed by atoms with Gasteiger partial charge in [0.25, 0.3) is 5.91 Å². The molecule has 1 saturated heterocycles. The number of methoxy groups -OCH3 is 1. The smallest absolute Gasteiger partial charge is 0.257 e. The number of carbonyl (C=O) groups is 1. The van der Waals surface area contributed by atoms with E-state index in [0.717, 1.165) is 0 Å². The first-order valence-corrected chi connectivity index (χ1v) is 7.12. The highest BCUT2D eigenvalue weighted by atomic mass is 19.1. The van der Waals surface area contributed by atoms with Gasteiger partial charge in [0.2, 0.25) is 11.8 Å². The molecule has 2 aromatic rings. The van der Waals surface area contributed by atoms with Gasteiger partial charge < -0.3 is 18.8 Å². The lowest BCUT2D eigenvalue weighted by molar-refractivity contribution is -0.0108. The van der Waals surface area contributed by atoms with Crippen LogP contribution in [0.4, 0.5) is 4.39 Å². The molecule has 1 aromatic carbocycles. The number of carbonyl (C=O) groups excluding carboxylic acids is 1. The molecule has 0 aliphatic carbocycles. The van der Waals surface area contributed by atoms with E-state index in [1.54, 1.807) is 13.0 Å². The molecule has 1 unspecified atom stereocenters. The van der Waals surface area contributed by atoms with E-state index >= 15 is 0 Å². The Morgan fingerprint density at radius 1 is 1.43 bits per heavy atom. The maximum absolute atomic E-state index is 14.2. The molecule has 2 heterocycles. The number of aromatic nitrogens is 2. The highest BCUT2D eigenvalue weighted by Gasteiger charge is 2.34. The Kier molecular flexibility index (Phi) is 4.24. The summed E-state index contributed by atoms with van der Waals surface area (Å²) in [5, 5.41) is 7.71. The van der Waals surface area contributed by atoms with Crippen molar-refractivity contribution in [2.75, 3.05) is 26.9 Å². The first-order valence-electron chi connectivity index (χ1n) is 7.12. The van der Waals surface area contributed by atoms with Crippen LogP contribution in [-0.2, 0) is 4.74 Å². The van der Waals surface area contributed by atoms with Crippen LogP contribution in [0.15, 0.2) is 22.6 Å². The van der Waals surface area contributed by atoms with Crippen molar-refractivity contribution in [3.05, 3.63) is 41.4 Å². The van der Waals surface area contributed by atoms with Gasteiger partial charge in [-0.05, 0) is 12.1 Å². The van der Waals surface area contributed by atoms with E-state index in [-0.39, 0.29) is 18.1 Å². The second kappa shape index (κ2) is 6.33. The lowest BCUT2D eigenvalue weighted by Crippen LogP contribution is -2.43. The van der Waals surface area contributed by atoms with Crippen molar-refractivity contribution < 1.29 is 23.1 Å². The summed E-state index contributed by atoms with van der Waals surface area (Å²) in [7, 11) is 1.44. The minimum absolute atomic E-state index is 0.0334. The molecule has 23 heavy (non-hydrogen) atoms. The van der Waals surface area contributed by atoms with E-state index in [2.05, 4.69) is 10.2 Å². The lowest BCUT2D eigenvalue weighted by Gasteiger charge is -2.33. The molecule has 1 fully saturated rings. The molecule has 8 heteroatoms. The lowest BCUT2D eigenvalue weighted by atomic mass is 10.1. The largest absolute Gasteiger partial charge is 0.497 e. The number of ether oxygens (including phenoxy) is 2. The number of hydrogen-bond donors (Lipinski definition) is 0. The van der Waals surface area contributed by atoms with Crippen LogP contribution < -0.4 is 4.74 Å². The van der Waals surface area contributed by atoms with Gasteiger partial charge in [0.15, 0.2) is 0 Å². The van der Waals surface area contributed by atoms with Crippen LogP contribution in [0.25, 0.3) is 0 Å². The van der Waals surface area contributed by atoms with Gasteiger partial charge in [-0.3, -0.25) is 4.79 Å². The topological polar surface area (TPSA) is 77.7 Å². The molecule has 0 spiro atoms. The number of morpholine rings is 1. The van der Waals surface area contributed by atoms with E-state index in [9.17, 15) is 9.18 Å². The summed E-state index contributed by atoms with van der Waals surface area (Å²) < 4.78 is 29.9. The van der Waals surface area contributed by atoms with Crippen molar-refractivity contribution in [1.82, 2.24) is 15.1 Å². The highest BCUT2D eigenvalue weighted by Crippen LogP contribution is 2.26. The van der Waals surface area contributed by atoms with E-state index in [0.29, 0.717) is 24.8 Å². The molecule has 7 nitrogen and oxygen atoms in total. The quantitative estimate of drug-likeness (QED) is 0.857. The van der Waals surface area contributed by atoms with Crippen molar-refractivity contribution in [2.45, 2.75) is 13.0 Å². The Morgan fingerprint density at radius 3 is 2.91 bits per heavy atom. The number of amides is 1. The number of benzene rings is 1. The van der Waals surface area contributed by atoms with Crippen molar-refractivity contribution >= 4 is 5.91 Å². The van der Waals surface area contributed by atoms with Gasteiger partial charge in [-0.2, -0.15) is 0 Å². The molecular formula is C15H16FN3O4. The van der Waals surface area contributed by atoms with Gasteiger partial charge >= 0.3 is 0 Å². The minimum atomic E-state index is -0.638. The standard InChI is InChI=1S/C15H16FN3O4/c1-9-17-18-14(23-9)13-8-22-6-5-19(13)15(20)11-4-3-10(21-2)7-12(11)16/h3-4,7,13H,5-6,8H2,1-2H3. The zero-order chi connectivity index (χ0) is 16.4. The van der Waals surface area contributed by atoms with Crippen LogP contribution in [0.5, 0.6) is 5.75 Å². The number of nitrogens with zero attached hydrogens (tertiary/aromatic N) is 3. The third-order valence-corrected chi connectivity index (χ3v) is 3.62. The van der Waals surface area contributed by atoms with Crippen LogP contribution in [0.1, 0.15) is 28.2 Å². The fourth-order valence-corrected chi connectivity index (χ4v) is 2.45. The third-order valence-electron chi connectivity index (χ3n) is 3.62. The molecule has 0 saturated carbocycles. The van der Waals surface area contributed by atoms with E-state index in [1.807, 2.05) is 0 Å². The van der Waals surface area contributed by atoms with Crippen LogP contribution in [0.2, 0.25) is 0 Å². The SMILES string of the molecule is COc1ccc(C(=O)N2CCOCC2c2nnc(C)o2)c(F)c1. The minimum Gasteiger partial charge on any atom is -0.497 e. The summed E-state index contributed by atoms with van der Waals surface area (Å²) in [6.07, 6.45) is 0. The molecule has 0 radical (unpaired) electrons. The molecular weight excluding hydrogens is 305 g/mol. The zero-order valence-electron chi connectivity index (χ0n) is 12.8. The molecule has 1 atom stereocenters. The van der Waals surface area contributed by atoms with Crippen molar-refractivity contribution in [1.29, 1.82) is 0 Å². The summed E-state index contributed by atoms with van der Waals surface area (Å²) >= 11 is 0. The highest BCUT2D eigenvalue weighted by molar-refractivity contribution is 5.95. The van der Waals surface area contributed by atoms with Crippen molar-refractivity contribution in [3.63, 3.8) is 0 Å². The van der Waals surface area contributed by atoms with Crippen LogP contribution in [0, 0.1) is 12.7 Å². The second-order valence-corrected chi connectivity index (χ2v) is 5.09. The molecule has 1 aliphatic heterocycles. The summed E-state index contributed by atoms with van der Waals surface area (Å²) in [6.45, 7) is 2.57.